The normalized spacial score (nSPS) is 19.3. The lowest BCUT2D eigenvalue weighted by molar-refractivity contribution is -0.143. The standard InChI is InChI=1S/C29H25F6N3O3/c30-28(31,32)22-13-21(14-23(15-22)29(33,34)35)25(39)37-11-8-27(9-12-37)24(20-6-2-1-3-7-20)18-38(26(40)41-27)17-19-5-4-10-36-16-19/h1-7,10,13-16,24H,8-9,11-12,17-18H2. The van der Waals surface area contributed by atoms with Crippen molar-refractivity contribution in [2.24, 2.45) is 0 Å². The second kappa shape index (κ2) is 10.7. The van der Waals surface area contributed by atoms with E-state index in [1.54, 1.807) is 23.4 Å². The summed E-state index contributed by atoms with van der Waals surface area (Å²) in [5.74, 6) is -1.24. The van der Waals surface area contributed by atoms with E-state index in [1.807, 2.05) is 36.4 Å². The molecule has 216 valence electrons. The predicted octanol–water partition coefficient (Wildman–Crippen LogP) is 6.53. The van der Waals surface area contributed by atoms with Crippen LogP contribution in [0.2, 0.25) is 0 Å². The van der Waals surface area contributed by atoms with Crippen molar-refractivity contribution in [1.82, 2.24) is 14.8 Å². The molecule has 1 unspecified atom stereocenters. The number of carbonyl (C=O) groups excluding carboxylic acids is 2. The van der Waals surface area contributed by atoms with Crippen LogP contribution in [0.1, 0.15) is 51.4 Å². The van der Waals surface area contributed by atoms with Crippen LogP contribution in [-0.4, -0.2) is 52.0 Å². The van der Waals surface area contributed by atoms with Gasteiger partial charge in [0.15, 0.2) is 0 Å². The predicted molar refractivity (Wildman–Crippen MR) is 135 cm³/mol. The van der Waals surface area contributed by atoms with Crippen LogP contribution in [0.5, 0.6) is 0 Å². The van der Waals surface area contributed by atoms with E-state index >= 15 is 0 Å². The van der Waals surface area contributed by atoms with Crippen LogP contribution >= 0.6 is 0 Å². The quantitative estimate of drug-likeness (QED) is 0.331. The van der Waals surface area contributed by atoms with Crippen LogP contribution in [0.25, 0.3) is 0 Å². The third kappa shape index (κ3) is 6.01. The number of halogens is 6. The van der Waals surface area contributed by atoms with Gasteiger partial charge in [-0.1, -0.05) is 36.4 Å². The number of hydrogen-bond acceptors (Lipinski definition) is 4. The minimum Gasteiger partial charge on any atom is -0.442 e. The van der Waals surface area contributed by atoms with Gasteiger partial charge in [0.05, 0.1) is 17.7 Å². The first-order valence-corrected chi connectivity index (χ1v) is 12.9. The monoisotopic (exact) mass is 577 g/mol. The first-order chi connectivity index (χ1) is 19.4. The molecule has 2 aliphatic rings. The number of alkyl halides is 6. The number of carbonyl (C=O) groups is 2. The number of ether oxygens (including phenoxy) is 1. The first kappa shape index (κ1) is 28.4. The highest BCUT2D eigenvalue weighted by atomic mass is 19.4. The van der Waals surface area contributed by atoms with E-state index in [-0.39, 0.29) is 44.5 Å². The van der Waals surface area contributed by atoms with Crippen molar-refractivity contribution < 1.29 is 40.7 Å². The summed E-state index contributed by atoms with van der Waals surface area (Å²) < 4.78 is 86.1. The molecule has 0 bridgehead atoms. The molecule has 2 saturated heterocycles. The summed E-state index contributed by atoms with van der Waals surface area (Å²) in [6.45, 7) is 0.549. The number of aromatic nitrogens is 1. The minimum absolute atomic E-state index is 0.00876. The summed E-state index contributed by atoms with van der Waals surface area (Å²) in [4.78, 5) is 33.2. The highest BCUT2D eigenvalue weighted by Crippen LogP contribution is 2.44. The third-order valence-electron chi connectivity index (χ3n) is 7.62. The molecule has 1 atom stereocenters. The van der Waals surface area contributed by atoms with Gasteiger partial charge < -0.3 is 14.5 Å². The fourth-order valence-electron chi connectivity index (χ4n) is 5.51. The van der Waals surface area contributed by atoms with E-state index < -0.39 is 46.6 Å². The van der Waals surface area contributed by atoms with Gasteiger partial charge in [0.25, 0.3) is 5.91 Å². The van der Waals surface area contributed by atoms with E-state index in [2.05, 4.69) is 4.98 Å². The number of nitrogens with zero attached hydrogens (tertiary/aromatic N) is 3. The SMILES string of the molecule is O=C1OC2(CCN(C(=O)c3cc(C(F)(F)F)cc(C(F)(F)F)c3)CC2)C(c2ccccc2)CN1Cc1cccnc1. The summed E-state index contributed by atoms with van der Waals surface area (Å²) in [5.41, 5.74) is -3.10. The van der Waals surface area contributed by atoms with E-state index in [9.17, 15) is 35.9 Å². The molecule has 1 aromatic heterocycles. The molecule has 1 spiro atoms. The smallest absolute Gasteiger partial charge is 0.416 e. The maximum atomic E-state index is 13.3. The molecule has 2 fully saturated rings. The molecule has 41 heavy (non-hydrogen) atoms. The summed E-state index contributed by atoms with van der Waals surface area (Å²) in [6.07, 6.45) is -7.08. The number of rotatable bonds is 4. The summed E-state index contributed by atoms with van der Waals surface area (Å²) in [5, 5.41) is 0. The van der Waals surface area contributed by atoms with Gasteiger partial charge in [-0.2, -0.15) is 26.3 Å². The molecule has 3 aromatic rings. The van der Waals surface area contributed by atoms with Gasteiger partial charge in [-0.25, -0.2) is 4.79 Å². The number of pyridine rings is 1. The Morgan fingerprint density at radius 3 is 2.12 bits per heavy atom. The molecule has 2 aromatic carbocycles. The van der Waals surface area contributed by atoms with E-state index in [0.717, 1.165) is 11.1 Å². The van der Waals surface area contributed by atoms with Gasteiger partial charge in [-0.15, -0.1) is 0 Å². The number of likely N-dealkylation sites (tertiary alicyclic amines) is 1. The van der Waals surface area contributed by atoms with Gasteiger partial charge in [0, 0.05) is 56.4 Å². The lowest BCUT2D eigenvalue weighted by Crippen LogP contribution is -2.59. The van der Waals surface area contributed by atoms with Crippen molar-refractivity contribution in [2.45, 2.75) is 43.3 Å². The Hall–Kier alpha value is -4.09. The Labute approximate surface area is 231 Å². The molecular formula is C29H25F6N3O3. The van der Waals surface area contributed by atoms with E-state index in [1.165, 1.54) is 4.90 Å². The molecule has 12 heteroatoms. The second-order valence-electron chi connectivity index (χ2n) is 10.2. The van der Waals surface area contributed by atoms with Crippen LogP contribution in [0.15, 0.2) is 73.1 Å². The zero-order chi connectivity index (χ0) is 29.4. The van der Waals surface area contributed by atoms with Crippen molar-refractivity contribution in [3.8, 4) is 0 Å². The molecule has 0 saturated carbocycles. The van der Waals surface area contributed by atoms with Crippen LogP contribution in [0.4, 0.5) is 31.1 Å². The molecule has 5 rings (SSSR count). The number of amides is 2. The van der Waals surface area contributed by atoms with Crippen molar-refractivity contribution >= 4 is 12.0 Å². The van der Waals surface area contributed by atoms with Gasteiger partial charge in [0.2, 0.25) is 0 Å². The lowest BCUT2D eigenvalue weighted by atomic mass is 9.74. The zero-order valence-corrected chi connectivity index (χ0v) is 21.6. The van der Waals surface area contributed by atoms with Crippen LogP contribution in [-0.2, 0) is 23.6 Å². The third-order valence-corrected chi connectivity index (χ3v) is 7.62. The average molecular weight is 578 g/mol. The fourth-order valence-corrected chi connectivity index (χ4v) is 5.51. The molecule has 2 amide bonds. The highest BCUT2D eigenvalue weighted by molar-refractivity contribution is 5.94. The van der Waals surface area contributed by atoms with Crippen LogP contribution < -0.4 is 0 Å². The van der Waals surface area contributed by atoms with Crippen LogP contribution in [0.3, 0.4) is 0 Å². The van der Waals surface area contributed by atoms with E-state index in [0.29, 0.717) is 18.7 Å². The first-order valence-electron chi connectivity index (χ1n) is 12.9. The highest BCUT2D eigenvalue weighted by Gasteiger charge is 2.51. The van der Waals surface area contributed by atoms with Gasteiger partial charge in [0.1, 0.15) is 5.60 Å². The lowest BCUT2D eigenvalue weighted by Gasteiger charge is -2.50. The topological polar surface area (TPSA) is 62.7 Å². The van der Waals surface area contributed by atoms with Gasteiger partial charge in [-0.3, -0.25) is 9.78 Å². The van der Waals surface area contributed by atoms with Gasteiger partial charge >= 0.3 is 18.4 Å². The molecule has 0 aliphatic carbocycles. The summed E-state index contributed by atoms with van der Waals surface area (Å²) in [6, 6.07) is 13.8. The Morgan fingerprint density at radius 2 is 1.56 bits per heavy atom. The van der Waals surface area contributed by atoms with Gasteiger partial charge in [-0.05, 0) is 35.4 Å². The summed E-state index contributed by atoms with van der Waals surface area (Å²) >= 11 is 0. The molecule has 2 aliphatic heterocycles. The van der Waals surface area contributed by atoms with Crippen molar-refractivity contribution in [1.29, 1.82) is 0 Å². The molecule has 6 nitrogen and oxygen atoms in total. The number of hydrogen-bond donors (Lipinski definition) is 0. The Kier molecular flexibility index (Phi) is 7.43. The van der Waals surface area contributed by atoms with Crippen LogP contribution in [0, 0.1) is 0 Å². The Bertz CT molecular complexity index is 1370. The Morgan fingerprint density at radius 1 is 0.927 bits per heavy atom. The molecular weight excluding hydrogens is 552 g/mol. The molecule has 0 N–H and O–H groups in total. The number of piperidine rings is 1. The molecule has 0 radical (unpaired) electrons. The largest absolute Gasteiger partial charge is 0.442 e. The van der Waals surface area contributed by atoms with Crippen molar-refractivity contribution in [2.75, 3.05) is 19.6 Å². The maximum Gasteiger partial charge on any atom is 0.416 e. The molecule has 3 heterocycles. The maximum absolute atomic E-state index is 13.3. The van der Waals surface area contributed by atoms with E-state index in [4.69, 9.17) is 4.74 Å². The Balaban J connectivity index is 1.39. The zero-order valence-electron chi connectivity index (χ0n) is 21.6. The average Bonchev–Trinajstić information content (AvgIpc) is 2.94. The fraction of sp³-hybridized carbons (Fsp3) is 0.345. The second-order valence-corrected chi connectivity index (χ2v) is 10.2. The minimum atomic E-state index is -5.07. The van der Waals surface area contributed by atoms with Crippen molar-refractivity contribution in [3.05, 3.63) is 101 Å². The van der Waals surface area contributed by atoms with Crippen molar-refractivity contribution in [3.63, 3.8) is 0 Å². The summed E-state index contributed by atoms with van der Waals surface area (Å²) in [7, 11) is 0. The number of benzene rings is 2.